The van der Waals surface area contributed by atoms with Crippen LogP contribution in [-0.4, -0.2) is 34.2 Å². The van der Waals surface area contributed by atoms with Crippen molar-refractivity contribution in [2.75, 3.05) is 12.8 Å². The van der Waals surface area contributed by atoms with Crippen molar-refractivity contribution in [3.8, 4) is 0 Å². The molecule has 1 heterocycles. The molecule has 0 bridgehead atoms. The smallest absolute Gasteiger partial charge is 0.272 e. The summed E-state index contributed by atoms with van der Waals surface area (Å²) in [5, 5.41) is 10.6. The third-order valence-electron chi connectivity index (χ3n) is 3.15. The molecule has 1 aromatic carbocycles. The van der Waals surface area contributed by atoms with Crippen LogP contribution in [0.25, 0.3) is 10.8 Å². The lowest BCUT2D eigenvalue weighted by molar-refractivity contribution is 0.0949. The molecule has 2 rings (SSSR count). The topological polar surface area (TPSA) is 74.8 Å². The van der Waals surface area contributed by atoms with E-state index < -0.39 is 0 Å². The van der Waals surface area contributed by atoms with Gasteiger partial charge in [-0.1, -0.05) is 25.1 Å². The number of H-pyrrole nitrogens is 1. The van der Waals surface area contributed by atoms with Crippen molar-refractivity contribution in [2.45, 2.75) is 18.6 Å². The molecular formula is C14H17N3O2S. The molecule has 2 N–H and O–H groups in total. The van der Waals surface area contributed by atoms with Crippen LogP contribution in [0.4, 0.5) is 0 Å². The minimum absolute atomic E-state index is 0.259. The normalized spacial score (nSPS) is 12.3. The van der Waals surface area contributed by atoms with Gasteiger partial charge in [0, 0.05) is 17.2 Å². The predicted molar refractivity (Wildman–Crippen MR) is 82.3 cm³/mol. The molecule has 1 aromatic heterocycles. The van der Waals surface area contributed by atoms with Gasteiger partial charge in [0.25, 0.3) is 11.5 Å². The number of fused-ring (bicyclic) bond motifs is 1. The van der Waals surface area contributed by atoms with Gasteiger partial charge in [0.2, 0.25) is 0 Å². The Labute approximate surface area is 121 Å². The Morgan fingerprint density at radius 1 is 1.40 bits per heavy atom. The molecule has 0 radical (unpaired) electrons. The Hall–Kier alpha value is -1.82. The molecule has 0 saturated carbocycles. The summed E-state index contributed by atoms with van der Waals surface area (Å²) in [6.07, 6.45) is 2.94. The van der Waals surface area contributed by atoms with Gasteiger partial charge >= 0.3 is 0 Å². The van der Waals surface area contributed by atoms with Gasteiger partial charge in [0.15, 0.2) is 5.69 Å². The summed E-state index contributed by atoms with van der Waals surface area (Å²) in [4.78, 5) is 23.8. The first-order chi connectivity index (χ1) is 9.63. The van der Waals surface area contributed by atoms with Gasteiger partial charge in [-0.2, -0.15) is 16.9 Å². The van der Waals surface area contributed by atoms with E-state index in [0.717, 1.165) is 6.42 Å². The largest absolute Gasteiger partial charge is 0.351 e. The van der Waals surface area contributed by atoms with Crippen LogP contribution in [0.5, 0.6) is 0 Å². The van der Waals surface area contributed by atoms with Crippen LogP contribution in [0, 0.1) is 0 Å². The monoisotopic (exact) mass is 291 g/mol. The molecule has 0 aliphatic carbocycles. The number of carbonyl (C=O) groups is 1. The molecule has 106 valence electrons. The first-order valence-corrected chi connectivity index (χ1v) is 7.70. The number of nitrogens with one attached hydrogen (secondary N) is 2. The van der Waals surface area contributed by atoms with Gasteiger partial charge in [-0.05, 0) is 18.7 Å². The first-order valence-electron chi connectivity index (χ1n) is 6.42. The summed E-state index contributed by atoms with van der Waals surface area (Å²) >= 11 is 1.76. The second-order valence-electron chi connectivity index (χ2n) is 4.54. The third kappa shape index (κ3) is 3.19. The fourth-order valence-corrected chi connectivity index (χ4v) is 2.23. The molecule has 6 heteroatoms. The maximum atomic E-state index is 12.1. The summed E-state index contributed by atoms with van der Waals surface area (Å²) in [5.41, 5.74) is -0.0230. The minimum atomic E-state index is -0.284. The van der Waals surface area contributed by atoms with Crippen LogP contribution < -0.4 is 10.9 Å². The number of carbonyl (C=O) groups excluding carboxylic acids is 1. The van der Waals surface area contributed by atoms with Crippen LogP contribution in [-0.2, 0) is 0 Å². The number of hydrogen-bond acceptors (Lipinski definition) is 4. The number of thioether (sulfide) groups is 1. The lowest BCUT2D eigenvalue weighted by Gasteiger charge is -2.09. The molecule has 1 unspecified atom stereocenters. The lowest BCUT2D eigenvalue weighted by atomic mass is 10.1. The third-order valence-corrected chi connectivity index (χ3v) is 4.19. The van der Waals surface area contributed by atoms with Gasteiger partial charge in [-0.25, -0.2) is 5.10 Å². The van der Waals surface area contributed by atoms with Gasteiger partial charge in [0.05, 0.1) is 5.39 Å². The Balaban J connectivity index is 2.19. The van der Waals surface area contributed by atoms with E-state index in [2.05, 4.69) is 22.4 Å². The van der Waals surface area contributed by atoms with Crippen molar-refractivity contribution >= 4 is 28.4 Å². The second-order valence-corrected chi connectivity index (χ2v) is 5.81. The Morgan fingerprint density at radius 3 is 2.80 bits per heavy atom. The van der Waals surface area contributed by atoms with Crippen molar-refractivity contribution in [1.82, 2.24) is 15.5 Å². The van der Waals surface area contributed by atoms with E-state index in [1.807, 2.05) is 6.26 Å². The van der Waals surface area contributed by atoms with Crippen molar-refractivity contribution in [3.05, 3.63) is 40.3 Å². The molecule has 0 fully saturated rings. The quantitative estimate of drug-likeness (QED) is 0.881. The molecule has 0 aliphatic heterocycles. The van der Waals surface area contributed by atoms with E-state index in [1.165, 1.54) is 0 Å². The fourth-order valence-electron chi connectivity index (χ4n) is 1.88. The second kappa shape index (κ2) is 6.56. The Kier molecular flexibility index (Phi) is 4.79. The molecule has 2 aromatic rings. The van der Waals surface area contributed by atoms with E-state index in [4.69, 9.17) is 0 Å². The van der Waals surface area contributed by atoms with Crippen LogP contribution in [0.3, 0.4) is 0 Å². The summed E-state index contributed by atoms with van der Waals surface area (Å²) < 4.78 is 0. The zero-order valence-electron chi connectivity index (χ0n) is 11.5. The molecule has 1 amide bonds. The highest BCUT2D eigenvalue weighted by atomic mass is 32.2. The van der Waals surface area contributed by atoms with E-state index >= 15 is 0 Å². The maximum absolute atomic E-state index is 12.1. The number of rotatable bonds is 5. The van der Waals surface area contributed by atoms with Crippen molar-refractivity contribution < 1.29 is 4.79 Å². The Morgan fingerprint density at radius 2 is 2.10 bits per heavy atom. The van der Waals surface area contributed by atoms with Crippen LogP contribution >= 0.6 is 11.8 Å². The number of aromatic amines is 1. The van der Waals surface area contributed by atoms with E-state index in [-0.39, 0.29) is 17.2 Å². The highest BCUT2D eigenvalue weighted by Gasteiger charge is 2.13. The fraction of sp³-hybridized carbons (Fsp3) is 0.357. The van der Waals surface area contributed by atoms with Gasteiger partial charge in [0.1, 0.15) is 0 Å². The number of hydrogen-bond donors (Lipinski definition) is 2. The van der Waals surface area contributed by atoms with Gasteiger partial charge in [-0.15, -0.1) is 0 Å². The number of amides is 1. The average molecular weight is 291 g/mol. The zero-order valence-corrected chi connectivity index (χ0v) is 12.3. The van der Waals surface area contributed by atoms with Crippen LogP contribution in [0.2, 0.25) is 0 Å². The molecule has 1 atom stereocenters. The molecule has 0 aliphatic rings. The molecule has 20 heavy (non-hydrogen) atoms. The predicted octanol–water partition coefficient (Wildman–Crippen LogP) is 1.79. The minimum Gasteiger partial charge on any atom is -0.351 e. The van der Waals surface area contributed by atoms with Gasteiger partial charge in [-0.3, -0.25) is 9.59 Å². The summed E-state index contributed by atoms with van der Waals surface area (Å²) in [6.45, 7) is 2.71. The average Bonchev–Trinajstić information content (AvgIpc) is 2.47. The molecule has 0 spiro atoms. The number of nitrogens with zero attached hydrogens (tertiary/aromatic N) is 1. The van der Waals surface area contributed by atoms with Crippen molar-refractivity contribution in [3.63, 3.8) is 0 Å². The summed E-state index contributed by atoms with van der Waals surface area (Å²) in [5.74, 6) is -0.259. The lowest BCUT2D eigenvalue weighted by Crippen LogP contribution is -2.28. The zero-order chi connectivity index (χ0) is 14.5. The Bertz CT molecular complexity index is 669. The number of aromatic nitrogens is 2. The maximum Gasteiger partial charge on any atom is 0.272 e. The highest BCUT2D eigenvalue weighted by molar-refractivity contribution is 7.99. The molecular weight excluding hydrogens is 274 g/mol. The van der Waals surface area contributed by atoms with E-state index in [1.54, 1.807) is 36.0 Å². The standard InChI is InChI=1S/C14H17N3O2S/c1-9(20-2)7-8-15-14(19)12-10-5-3-4-6-11(10)13(18)17-16-12/h3-6,9H,7-8H2,1-2H3,(H,15,19)(H,17,18). The molecule has 0 saturated heterocycles. The van der Waals surface area contributed by atoms with E-state index in [0.29, 0.717) is 22.6 Å². The SMILES string of the molecule is CSC(C)CCNC(=O)c1n[nH]c(=O)c2ccccc12. The highest BCUT2D eigenvalue weighted by Crippen LogP contribution is 2.12. The van der Waals surface area contributed by atoms with Gasteiger partial charge < -0.3 is 5.32 Å². The molecule has 5 nitrogen and oxygen atoms in total. The van der Waals surface area contributed by atoms with Crippen molar-refractivity contribution in [2.24, 2.45) is 0 Å². The summed E-state index contributed by atoms with van der Waals surface area (Å²) in [7, 11) is 0. The van der Waals surface area contributed by atoms with Crippen LogP contribution in [0.15, 0.2) is 29.1 Å². The van der Waals surface area contributed by atoms with E-state index in [9.17, 15) is 9.59 Å². The summed E-state index contributed by atoms with van der Waals surface area (Å²) in [6, 6.07) is 6.97. The van der Waals surface area contributed by atoms with Crippen molar-refractivity contribution in [1.29, 1.82) is 0 Å². The number of benzene rings is 1. The van der Waals surface area contributed by atoms with Crippen LogP contribution in [0.1, 0.15) is 23.8 Å². The first kappa shape index (κ1) is 14.6.